The number of hydrogen-bond acceptors (Lipinski definition) is 5. The van der Waals surface area contributed by atoms with Crippen molar-refractivity contribution < 1.29 is 14.3 Å². The summed E-state index contributed by atoms with van der Waals surface area (Å²) in [6.07, 6.45) is 0. The van der Waals surface area contributed by atoms with E-state index in [1.54, 1.807) is 42.5 Å². The number of esters is 1. The third-order valence-corrected chi connectivity index (χ3v) is 5.80. The number of nitriles is 1. The second-order valence-electron chi connectivity index (χ2n) is 5.83. The molecule has 29 heavy (non-hydrogen) atoms. The zero-order valence-electron chi connectivity index (χ0n) is 14.9. The molecular weight excluding hydrogens is 429 g/mol. The van der Waals surface area contributed by atoms with Crippen LogP contribution in [0.15, 0.2) is 76.5 Å². The maximum atomic E-state index is 12.6. The van der Waals surface area contributed by atoms with Gasteiger partial charge in [-0.15, -0.1) is 0 Å². The van der Waals surface area contributed by atoms with Crippen LogP contribution in [0.1, 0.15) is 26.3 Å². The summed E-state index contributed by atoms with van der Waals surface area (Å²) >= 11 is 13.1. The lowest BCUT2D eigenvalue weighted by atomic mass is 10.1. The summed E-state index contributed by atoms with van der Waals surface area (Å²) in [6.45, 7) is -0.426. The molecule has 3 aromatic rings. The zero-order valence-corrected chi connectivity index (χ0v) is 17.2. The van der Waals surface area contributed by atoms with Gasteiger partial charge in [-0.1, -0.05) is 59.2 Å². The summed E-state index contributed by atoms with van der Waals surface area (Å²) in [6, 6.07) is 20.6. The average Bonchev–Trinajstić information content (AvgIpc) is 2.74. The van der Waals surface area contributed by atoms with Gasteiger partial charge in [-0.2, -0.15) is 5.26 Å². The lowest BCUT2D eigenvalue weighted by molar-refractivity contribution is 0.0471. The predicted molar refractivity (Wildman–Crippen MR) is 113 cm³/mol. The topological polar surface area (TPSA) is 67.2 Å². The van der Waals surface area contributed by atoms with E-state index in [9.17, 15) is 14.9 Å². The Morgan fingerprint density at radius 1 is 0.931 bits per heavy atom. The number of ether oxygens (including phenoxy) is 1. The van der Waals surface area contributed by atoms with Crippen molar-refractivity contribution in [1.82, 2.24) is 0 Å². The van der Waals surface area contributed by atoms with Crippen molar-refractivity contribution >= 4 is 46.7 Å². The number of benzene rings is 3. The quantitative estimate of drug-likeness (QED) is 0.343. The van der Waals surface area contributed by atoms with Crippen LogP contribution < -0.4 is 0 Å². The molecule has 0 atom stereocenters. The lowest BCUT2D eigenvalue weighted by Gasteiger charge is -2.10. The van der Waals surface area contributed by atoms with Crippen LogP contribution in [-0.2, 0) is 4.74 Å². The minimum absolute atomic E-state index is 0.252. The van der Waals surface area contributed by atoms with E-state index in [4.69, 9.17) is 27.9 Å². The Bertz CT molecular complexity index is 1130. The Hall–Kier alpha value is -2.78. The van der Waals surface area contributed by atoms with E-state index >= 15 is 0 Å². The van der Waals surface area contributed by atoms with Gasteiger partial charge in [0.1, 0.15) is 6.07 Å². The molecule has 0 amide bonds. The smallest absolute Gasteiger partial charge is 0.339 e. The summed E-state index contributed by atoms with van der Waals surface area (Å²) in [5.74, 6) is -1.02. The fraction of sp³-hybridized carbons (Fsp3) is 0.0455. The number of halogens is 2. The first-order valence-electron chi connectivity index (χ1n) is 8.41. The molecule has 0 saturated heterocycles. The highest BCUT2D eigenvalue weighted by Gasteiger charge is 2.17. The molecule has 3 aromatic carbocycles. The van der Waals surface area contributed by atoms with Crippen LogP contribution in [0.2, 0.25) is 10.0 Å². The molecule has 0 bridgehead atoms. The fourth-order valence-corrected chi connectivity index (χ4v) is 3.77. The van der Waals surface area contributed by atoms with E-state index in [0.717, 1.165) is 4.90 Å². The van der Waals surface area contributed by atoms with E-state index in [0.29, 0.717) is 26.6 Å². The first kappa shape index (κ1) is 20.9. The van der Waals surface area contributed by atoms with Crippen molar-refractivity contribution in [3.05, 3.63) is 93.5 Å². The van der Waals surface area contributed by atoms with Gasteiger partial charge in [0.15, 0.2) is 12.4 Å². The molecule has 0 saturated carbocycles. The van der Waals surface area contributed by atoms with Gasteiger partial charge in [-0.3, -0.25) is 4.79 Å². The molecule has 0 fully saturated rings. The van der Waals surface area contributed by atoms with Crippen LogP contribution in [0.5, 0.6) is 0 Å². The third-order valence-electron chi connectivity index (χ3n) is 3.91. The predicted octanol–water partition coefficient (Wildman–Crippen LogP) is 6.06. The number of nitrogens with zero attached hydrogens (tertiary/aromatic N) is 1. The van der Waals surface area contributed by atoms with Crippen LogP contribution in [0.3, 0.4) is 0 Å². The number of carbonyl (C=O) groups is 2. The van der Waals surface area contributed by atoms with Gasteiger partial charge in [0, 0.05) is 15.4 Å². The molecule has 3 rings (SSSR count). The van der Waals surface area contributed by atoms with Crippen LogP contribution in [0.4, 0.5) is 0 Å². The van der Waals surface area contributed by atoms with E-state index in [2.05, 4.69) is 6.07 Å². The van der Waals surface area contributed by atoms with E-state index < -0.39 is 18.4 Å². The molecule has 0 aromatic heterocycles. The van der Waals surface area contributed by atoms with Crippen LogP contribution >= 0.6 is 35.0 Å². The number of Topliss-reactive ketones (excluding diaryl/α,β-unsaturated/α-hetero) is 1. The molecular formula is C22H13Cl2NO3S. The van der Waals surface area contributed by atoms with Gasteiger partial charge in [0.2, 0.25) is 0 Å². The first-order chi connectivity index (χ1) is 14.0. The highest BCUT2D eigenvalue weighted by atomic mass is 35.5. The molecule has 0 radical (unpaired) electrons. The Kier molecular flexibility index (Phi) is 6.95. The number of hydrogen-bond donors (Lipinski definition) is 0. The van der Waals surface area contributed by atoms with Gasteiger partial charge in [-0.25, -0.2) is 4.79 Å². The molecule has 7 heteroatoms. The van der Waals surface area contributed by atoms with Gasteiger partial charge in [-0.05, 0) is 42.5 Å². The summed E-state index contributed by atoms with van der Waals surface area (Å²) in [5, 5.41) is 9.84. The molecule has 0 spiro atoms. The largest absolute Gasteiger partial charge is 0.454 e. The maximum absolute atomic E-state index is 12.6. The number of carbonyl (C=O) groups excluding carboxylic acids is 2. The van der Waals surface area contributed by atoms with Gasteiger partial charge in [0.25, 0.3) is 0 Å². The molecule has 0 aliphatic heterocycles. The molecule has 0 unspecified atom stereocenters. The van der Waals surface area contributed by atoms with Crippen molar-refractivity contribution in [2.75, 3.05) is 6.61 Å². The molecule has 0 aliphatic rings. The number of ketones is 1. The summed E-state index contributed by atoms with van der Waals surface area (Å²) in [5.41, 5.74) is 1.13. The Morgan fingerprint density at radius 2 is 1.62 bits per heavy atom. The Balaban J connectivity index is 1.74. The average molecular weight is 442 g/mol. The van der Waals surface area contributed by atoms with E-state index in [1.165, 1.54) is 30.0 Å². The highest BCUT2D eigenvalue weighted by molar-refractivity contribution is 7.99. The minimum Gasteiger partial charge on any atom is -0.454 e. The van der Waals surface area contributed by atoms with Crippen molar-refractivity contribution in [2.24, 2.45) is 0 Å². The molecule has 0 heterocycles. The van der Waals surface area contributed by atoms with Crippen LogP contribution in [-0.4, -0.2) is 18.4 Å². The summed E-state index contributed by atoms with van der Waals surface area (Å²) in [7, 11) is 0. The van der Waals surface area contributed by atoms with Crippen LogP contribution in [0, 0.1) is 11.3 Å². The SMILES string of the molecule is N#Cc1ccccc1Sc1ccccc1C(=O)OCC(=O)c1ccc(Cl)c(Cl)c1. The third kappa shape index (κ3) is 5.18. The molecule has 0 aliphatic carbocycles. The highest BCUT2D eigenvalue weighted by Crippen LogP contribution is 2.33. The second-order valence-corrected chi connectivity index (χ2v) is 7.73. The molecule has 4 nitrogen and oxygen atoms in total. The fourth-order valence-electron chi connectivity index (χ4n) is 2.45. The second kappa shape index (κ2) is 9.62. The van der Waals surface area contributed by atoms with Gasteiger partial charge >= 0.3 is 5.97 Å². The van der Waals surface area contributed by atoms with E-state index in [1.807, 2.05) is 6.07 Å². The lowest BCUT2D eigenvalue weighted by Crippen LogP contribution is -2.15. The van der Waals surface area contributed by atoms with E-state index in [-0.39, 0.29) is 5.02 Å². The maximum Gasteiger partial charge on any atom is 0.339 e. The standard InChI is InChI=1S/C22H13Cl2NO3S/c23-17-10-9-14(11-18(17)24)19(26)13-28-22(27)16-6-2-4-8-21(16)29-20-7-3-1-5-15(20)12-25/h1-11H,13H2. The molecule has 0 N–H and O–H groups in total. The summed E-state index contributed by atoms with van der Waals surface area (Å²) < 4.78 is 5.21. The van der Waals surface area contributed by atoms with Crippen molar-refractivity contribution in [3.63, 3.8) is 0 Å². The number of rotatable bonds is 6. The Labute approximate surface area is 182 Å². The van der Waals surface area contributed by atoms with Crippen LogP contribution in [0.25, 0.3) is 0 Å². The van der Waals surface area contributed by atoms with Crippen molar-refractivity contribution in [2.45, 2.75) is 9.79 Å². The Morgan fingerprint density at radius 3 is 2.34 bits per heavy atom. The molecule has 144 valence electrons. The van der Waals surface area contributed by atoms with Crippen molar-refractivity contribution in [3.8, 4) is 6.07 Å². The van der Waals surface area contributed by atoms with Gasteiger partial charge < -0.3 is 4.74 Å². The van der Waals surface area contributed by atoms with Crippen molar-refractivity contribution in [1.29, 1.82) is 5.26 Å². The zero-order chi connectivity index (χ0) is 20.8. The monoisotopic (exact) mass is 441 g/mol. The van der Waals surface area contributed by atoms with Gasteiger partial charge in [0.05, 0.1) is 21.2 Å². The first-order valence-corrected chi connectivity index (χ1v) is 9.98. The summed E-state index contributed by atoms with van der Waals surface area (Å²) in [4.78, 5) is 26.2. The normalized spacial score (nSPS) is 10.2. The minimum atomic E-state index is -0.629.